The lowest BCUT2D eigenvalue weighted by Crippen LogP contribution is -2.38. The fourth-order valence-electron chi connectivity index (χ4n) is 3.10. The number of unbranched alkanes of at least 4 members (excludes halogenated alkanes) is 1. The number of ketones is 1. The van der Waals surface area contributed by atoms with Crippen LogP contribution < -0.4 is 5.32 Å². The Morgan fingerprint density at radius 3 is 2.62 bits per heavy atom. The average molecular weight is 359 g/mol. The van der Waals surface area contributed by atoms with Crippen molar-refractivity contribution in [2.75, 3.05) is 33.2 Å². The third-order valence-corrected chi connectivity index (χ3v) is 4.77. The van der Waals surface area contributed by atoms with Gasteiger partial charge in [-0.1, -0.05) is 0 Å². The molecule has 0 aromatic heterocycles. The van der Waals surface area contributed by atoms with Gasteiger partial charge in [-0.25, -0.2) is 4.39 Å². The molecular weight excluding hydrogens is 333 g/mol. The Kier molecular flexibility index (Phi) is 7.54. The highest BCUT2D eigenvalue weighted by Crippen LogP contribution is 2.22. The first-order valence-electron chi connectivity index (χ1n) is 8.99. The van der Waals surface area contributed by atoms with Gasteiger partial charge < -0.3 is 10.2 Å². The molecule has 0 saturated carbocycles. The number of benzene rings is 1. The first-order chi connectivity index (χ1) is 12.5. The summed E-state index contributed by atoms with van der Waals surface area (Å²) in [6.45, 7) is 3.45. The Balaban J connectivity index is 1.63. The summed E-state index contributed by atoms with van der Waals surface area (Å²) in [5.74, 6) is -0.0535. The molecule has 0 atom stereocenters. The SMILES string of the molecule is CN(C#N)C(=N)NCCCCN1CCC(C(=O)c2ccc(F)cc2)CC1. The van der Waals surface area contributed by atoms with E-state index in [1.54, 1.807) is 19.2 Å². The molecule has 1 heterocycles. The molecule has 0 aliphatic carbocycles. The second kappa shape index (κ2) is 9.88. The van der Waals surface area contributed by atoms with E-state index in [0.717, 1.165) is 45.3 Å². The monoisotopic (exact) mass is 359 g/mol. The van der Waals surface area contributed by atoms with Crippen LogP contribution in [0.4, 0.5) is 4.39 Å². The van der Waals surface area contributed by atoms with Crippen molar-refractivity contribution in [2.45, 2.75) is 25.7 Å². The number of carbonyl (C=O) groups excluding carboxylic acids is 1. The van der Waals surface area contributed by atoms with Crippen molar-refractivity contribution in [2.24, 2.45) is 5.92 Å². The Morgan fingerprint density at radius 1 is 1.35 bits per heavy atom. The number of nitrogens with one attached hydrogen (secondary N) is 2. The number of piperidine rings is 1. The maximum absolute atomic E-state index is 13.0. The molecule has 1 saturated heterocycles. The number of halogens is 1. The Bertz CT molecular complexity index is 647. The normalized spacial score (nSPS) is 15.3. The fourth-order valence-corrected chi connectivity index (χ4v) is 3.10. The molecule has 7 heteroatoms. The first-order valence-corrected chi connectivity index (χ1v) is 8.99. The van der Waals surface area contributed by atoms with Crippen molar-refractivity contribution in [1.82, 2.24) is 15.1 Å². The highest BCUT2D eigenvalue weighted by Gasteiger charge is 2.25. The van der Waals surface area contributed by atoms with E-state index in [1.165, 1.54) is 17.0 Å². The Morgan fingerprint density at radius 2 is 2.00 bits per heavy atom. The van der Waals surface area contributed by atoms with E-state index in [4.69, 9.17) is 10.7 Å². The second-order valence-electron chi connectivity index (χ2n) is 6.63. The molecule has 0 radical (unpaired) electrons. The predicted octanol–water partition coefficient (Wildman–Crippen LogP) is 2.44. The lowest BCUT2D eigenvalue weighted by molar-refractivity contribution is 0.0839. The van der Waals surface area contributed by atoms with Gasteiger partial charge in [0.15, 0.2) is 12.0 Å². The van der Waals surface area contributed by atoms with Crippen LogP contribution in [0.3, 0.4) is 0 Å². The molecule has 0 unspecified atom stereocenters. The van der Waals surface area contributed by atoms with Crippen LogP contribution in [0, 0.1) is 28.6 Å². The summed E-state index contributed by atoms with van der Waals surface area (Å²) in [5, 5.41) is 19.2. The molecular formula is C19H26FN5O. The van der Waals surface area contributed by atoms with Gasteiger partial charge in [-0.2, -0.15) is 5.26 Å². The van der Waals surface area contributed by atoms with E-state index in [2.05, 4.69) is 10.2 Å². The molecule has 1 aliphatic rings. The van der Waals surface area contributed by atoms with Gasteiger partial charge >= 0.3 is 0 Å². The summed E-state index contributed by atoms with van der Waals surface area (Å²) < 4.78 is 13.0. The molecule has 0 spiro atoms. The minimum absolute atomic E-state index is 0.0281. The van der Waals surface area contributed by atoms with Crippen LogP contribution >= 0.6 is 0 Å². The molecule has 1 aromatic rings. The topological polar surface area (TPSA) is 83.2 Å². The maximum Gasteiger partial charge on any atom is 0.204 e. The summed E-state index contributed by atoms with van der Waals surface area (Å²) >= 11 is 0. The smallest absolute Gasteiger partial charge is 0.204 e. The average Bonchev–Trinajstić information content (AvgIpc) is 2.67. The second-order valence-corrected chi connectivity index (χ2v) is 6.63. The maximum atomic E-state index is 13.0. The van der Waals surface area contributed by atoms with E-state index in [9.17, 15) is 9.18 Å². The first kappa shape index (κ1) is 19.9. The van der Waals surface area contributed by atoms with Gasteiger partial charge in [0.1, 0.15) is 5.82 Å². The number of likely N-dealkylation sites (tertiary alicyclic amines) is 1. The molecule has 140 valence electrons. The van der Waals surface area contributed by atoms with Crippen molar-refractivity contribution in [3.05, 3.63) is 35.6 Å². The third kappa shape index (κ3) is 5.81. The van der Waals surface area contributed by atoms with Gasteiger partial charge in [-0.15, -0.1) is 0 Å². The molecule has 2 N–H and O–H groups in total. The van der Waals surface area contributed by atoms with Gasteiger partial charge in [0.2, 0.25) is 5.96 Å². The number of guanidine groups is 1. The highest BCUT2D eigenvalue weighted by molar-refractivity contribution is 5.97. The Labute approximate surface area is 154 Å². The molecule has 0 amide bonds. The van der Waals surface area contributed by atoms with Crippen molar-refractivity contribution in [3.63, 3.8) is 0 Å². The van der Waals surface area contributed by atoms with Crippen LogP contribution in [0.15, 0.2) is 24.3 Å². The lowest BCUT2D eigenvalue weighted by Gasteiger charge is -2.31. The highest BCUT2D eigenvalue weighted by atomic mass is 19.1. The van der Waals surface area contributed by atoms with E-state index in [-0.39, 0.29) is 23.5 Å². The van der Waals surface area contributed by atoms with Crippen LogP contribution in [-0.2, 0) is 0 Å². The number of carbonyl (C=O) groups is 1. The van der Waals surface area contributed by atoms with E-state index in [0.29, 0.717) is 12.1 Å². The molecule has 2 rings (SSSR count). The van der Waals surface area contributed by atoms with Gasteiger partial charge in [0.05, 0.1) is 0 Å². The third-order valence-electron chi connectivity index (χ3n) is 4.77. The van der Waals surface area contributed by atoms with Gasteiger partial charge in [-0.3, -0.25) is 15.1 Å². The van der Waals surface area contributed by atoms with Gasteiger partial charge in [-0.05, 0) is 69.6 Å². The van der Waals surface area contributed by atoms with Crippen LogP contribution in [0.1, 0.15) is 36.0 Å². The summed E-state index contributed by atoms with van der Waals surface area (Å²) in [7, 11) is 1.55. The van der Waals surface area contributed by atoms with Crippen LogP contribution in [0.5, 0.6) is 0 Å². The number of hydrogen-bond acceptors (Lipinski definition) is 4. The molecule has 1 aliphatic heterocycles. The zero-order chi connectivity index (χ0) is 18.9. The van der Waals surface area contributed by atoms with Gasteiger partial charge in [0.25, 0.3) is 0 Å². The number of rotatable bonds is 7. The number of Topliss-reactive ketones (excluding diaryl/α,β-unsaturated/α-hetero) is 1. The van der Waals surface area contributed by atoms with E-state index < -0.39 is 0 Å². The van der Waals surface area contributed by atoms with Gasteiger partial charge in [0, 0.05) is 25.1 Å². The summed E-state index contributed by atoms with van der Waals surface area (Å²) in [4.78, 5) is 16.0. The minimum atomic E-state index is -0.319. The van der Waals surface area contributed by atoms with Crippen LogP contribution in [0.2, 0.25) is 0 Å². The number of hydrogen-bond donors (Lipinski definition) is 2. The van der Waals surface area contributed by atoms with Crippen LogP contribution in [0.25, 0.3) is 0 Å². The molecule has 6 nitrogen and oxygen atoms in total. The zero-order valence-corrected chi connectivity index (χ0v) is 15.2. The quantitative estimate of drug-likeness (QED) is 0.195. The molecule has 0 bridgehead atoms. The largest absolute Gasteiger partial charge is 0.356 e. The van der Waals surface area contributed by atoms with Crippen molar-refractivity contribution < 1.29 is 9.18 Å². The minimum Gasteiger partial charge on any atom is -0.356 e. The number of nitriles is 1. The van der Waals surface area contributed by atoms with E-state index in [1.807, 2.05) is 6.19 Å². The molecule has 26 heavy (non-hydrogen) atoms. The summed E-state index contributed by atoms with van der Waals surface area (Å²) in [5.41, 5.74) is 0.598. The van der Waals surface area contributed by atoms with E-state index >= 15 is 0 Å². The lowest BCUT2D eigenvalue weighted by atomic mass is 9.89. The van der Waals surface area contributed by atoms with Crippen LogP contribution in [-0.4, -0.2) is 54.8 Å². The summed E-state index contributed by atoms with van der Waals surface area (Å²) in [6, 6.07) is 5.81. The number of nitrogens with zero attached hydrogens (tertiary/aromatic N) is 3. The van der Waals surface area contributed by atoms with Crippen molar-refractivity contribution in [1.29, 1.82) is 10.7 Å². The van der Waals surface area contributed by atoms with Crippen molar-refractivity contribution in [3.8, 4) is 6.19 Å². The van der Waals surface area contributed by atoms with Crippen molar-refractivity contribution >= 4 is 11.7 Å². The predicted molar refractivity (Wildman–Crippen MR) is 98.2 cm³/mol. The summed E-state index contributed by atoms with van der Waals surface area (Å²) in [6.07, 6.45) is 5.49. The molecule has 1 aromatic carbocycles. The standard InChI is InChI=1S/C19H26FN5O/c1-24(14-21)19(22)23-10-2-3-11-25-12-8-16(9-13-25)18(26)15-4-6-17(20)7-5-15/h4-7,16H,2-3,8-13H2,1H3,(H2,22,23). The molecule has 1 fully saturated rings. The zero-order valence-electron chi connectivity index (χ0n) is 15.2. The Hall–Kier alpha value is -2.46. The fraction of sp³-hybridized carbons (Fsp3) is 0.526.